The van der Waals surface area contributed by atoms with E-state index >= 15 is 0 Å². The molecule has 210 valence electrons. The zero-order valence-electron chi connectivity index (χ0n) is 28.7. The molecule has 0 spiro atoms. The van der Waals surface area contributed by atoms with Crippen LogP contribution in [0, 0.1) is 29.6 Å². The van der Waals surface area contributed by atoms with Crippen molar-refractivity contribution in [3.8, 4) is 0 Å². The number of rotatable bonds is 0. The summed E-state index contributed by atoms with van der Waals surface area (Å²) in [4.78, 5) is 0. The fourth-order valence-corrected chi connectivity index (χ4v) is 0. The van der Waals surface area contributed by atoms with Crippen molar-refractivity contribution in [1.82, 2.24) is 0 Å². The highest BCUT2D eigenvalue weighted by molar-refractivity contribution is 4.22. The highest BCUT2D eigenvalue weighted by atomic mass is 13.8. The number of hydrogen-bond donors (Lipinski definition) is 0. The molecule has 0 amide bonds. The van der Waals surface area contributed by atoms with E-state index in [1.165, 1.54) is 25.7 Å². The van der Waals surface area contributed by atoms with Gasteiger partial charge in [-0.1, -0.05) is 185 Å². The van der Waals surface area contributed by atoms with E-state index in [0.717, 1.165) is 29.6 Å². The van der Waals surface area contributed by atoms with E-state index in [4.69, 9.17) is 0 Å². The molecule has 0 aliphatic carbocycles. The van der Waals surface area contributed by atoms with Crippen molar-refractivity contribution in [1.29, 1.82) is 0 Å². The van der Waals surface area contributed by atoms with Gasteiger partial charge in [0.25, 0.3) is 0 Å². The van der Waals surface area contributed by atoms with Crippen molar-refractivity contribution in [3.05, 3.63) is 0 Å². The van der Waals surface area contributed by atoms with Crippen LogP contribution in [0.4, 0.5) is 0 Å². The van der Waals surface area contributed by atoms with Crippen LogP contribution in [-0.4, -0.2) is 0 Å². The van der Waals surface area contributed by atoms with Gasteiger partial charge in [0.2, 0.25) is 0 Å². The van der Waals surface area contributed by atoms with Crippen molar-refractivity contribution >= 4 is 0 Å². The molecule has 0 aliphatic rings. The van der Waals surface area contributed by atoms with Crippen LogP contribution in [0.3, 0.4) is 0 Å². The van der Waals surface area contributed by atoms with Crippen molar-refractivity contribution < 1.29 is 0 Å². The van der Waals surface area contributed by atoms with Gasteiger partial charge in [0.1, 0.15) is 0 Å². The Labute approximate surface area is 214 Å². The average Bonchev–Trinajstić information content (AvgIpc) is 2.46. The summed E-state index contributed by atoms with van der Waals surface area (Å²) in [5.74, 6) is 4.17. The van der Waals surface area contributed by atoms with Gasteiger partial charge in [-0.3, -0.25) is 0 Å². The Hall–Kier alpha value is 0. The topological polar surface area (TPSA) is 0 Å². The Kier molecular flexibility index (Phi) is 140. The van der Waals surface area contributed by atoms with Crippen LogP contribution in [0.25, 0.3) is 0 Å². The van der Waals surface area contributed by atoms with Crippen molar-refractivity contribution in [3.63, 3.8) is 0 Å². The summed E-state index contributed by atoms with van der Waals surface area (Å²) in [6.07, 6.45) is 5.00. The van der Waals surface area contributed by atoms with E-state index in [1.807, 2.05) is 0 Å². The summed E-state index contributed by atoms with van der Waals surface area (Å²) in [5.41, 5.74) is 0. The van der Waals surface area contributed by atoms with Crippen molar-refractivity contribution in [2.24, 2.45) is 29.6 Å². The SMILES string of the molecule is CC(C)C.CC(C)C.CC(C)C.CC(C)C.CC(C)C.CCC.CCC.CCC.CCC. The maximum Gasteiger partial charge on any atom is -0.0500 e. The first-order valence-electron chi connectivity index (χ1n) is 14.3. The third-order valence-electron chi connectivity index (χ3n) is 0. The van der Waals surface area contributed by atoms with E-state index in [2.05, 4.69) is 159 Å². The normalized spacial score (nSPS) is 7.88. The molecule has 0 saturated heterocycles. The molecule has 0 nitrogen and oxygen atoms in total. The molecule has 0 aliphatic heterocycles. The maximum absolute atomic E-state index is 2.17. The molecule has 32 heavy (non-hydrogen) atoms. The van der Waals surface area contributed by atoms with E-state index in [9.17, 15) is 0 Å². The van der Waals surface area contributed by atoms with Crippen molar-refractivity contribution in [2.75, 3.05) is 0 Å². The van der Waals surface area contributed by atoms with E-state index in [1.54, 1.807) is 0 Å². The number of hydrogen-bond acceptors (Lipinski definition) is 0. The molecule has 0 heteroatoms. The first-order chi connectivity index (χ1) is 14.3. The largest absolute Gasteiger partial charge is 0.0656 e. The molecule has 0 saturated carbocycles. The maximum atomic E-state index is 2.17. The molecular weight excluding hydrogens is 384 g/mol. The monoisotopic (exact) mass is 467 g/mol. The minimum Gasteiger partial charge on any atom is -0.0656 e. The minimum atomic E-state index is 0.833. The van der Waals surface area contributed by atoms with Gasteiger partial charge in [-0.25, -0.2) is 0 Å². The smallest absolute Gasteiger partial charge is 0.0500 e. The van der Waals surface area contributed by atoms with E-state index in [0.29, 0.717) is 0 Å². The second-order valence-corrected chi connectivity index (χ2v) is 11.5. The molecule has 0 fully saturated rings. The van der Waals surface area contributed by atoms with Crippen LogP contribution in [0.15, 0.2) is 0 Å². The Morgan fingerprint density at radius 2 is 0.219 bits per heavy atom. The Balaban J connectivity index is -0.0000000267. The van der Waals surface area contributed by atoms with Crippen LogP contribution in [-0.2, 0) is 0 Å². The summed E-state index contributed by atoms with van der Waals surface area (Å²) in [7, 11) is 0. The van der Waals surface area contributed by atoms with Crippen LogP contribution in [0.1, 0.15) is 185 Å². The van der Waals surface area contributed by atoms with Gasteiger partial charge in [0.15, 0.2) is 0 Å². The zero-order valence-corrected chi connectivity index (χ0v) is 28.7. The molecule has 0 bridgehead atoms. The lowest BCUT2D eigenvalue weighted by Gasteiger charge is -1.79. The van der Waals surface area contributed by atoms with Gasteiger partial charge in [-0.05, 0) is 29.6 Å². The van der Waals surface area contributed by atoms with E-state index in [-0.39, 0.29) is 0 Å². The molecule has 0 aromatic carbocycles. The predicted molar refractivity (Wildman–Crippen MR) is 166 cm³/mol. The lowest BCUT2D eigenvalue weighted by Crippen LogP contribution is -1.66. The fourth-order valence-electron chi connectivity index (χ4n) is 0. The predicted octanol–water partition coefficient (Wildman–Crippen LogP) is 14.0. The fraction of sp³-hybridized carbons (Fsp3) is 1.00. The van der Waals surface area contributed by atoms with Crippen LogP contribution >= 0.6 is 0 Å². The molecule has 0 heterocycles. The summed E-state index contributed by atoms with van der Waals surface area (Å²) in [5, 5.41) is 0. The van der Waals surface area contributed by atoms with Gasteiger partial charge in [0.05, 0.1) is 0 Å². The van der Waals surface area contributed by atoms with Gasteiger partial charge in [-0.2, -0.15) is 0 Å². The van der Waals surface area contributed by atoms with Crippen molar-refractivity contribution in [2.45, 2.75) is 185 Å². The molecule has 0 rings (SSSR count). The first-order valence-corrected chi connectivity index (χ1v) is 14.3. The van der Waals surface area contributed by atoms with Gasteiger partial charge in [0, 0.05) is 0 Å². The Bertz CT molecular complexity index is 94.8. The van der Waals surface area contributed by atoms with Crippen LogP contribution in [0.2, 0.25) is 0 Å². The van der Waals surface area contributed by atoms with Gasteiger partial charge >= 0.3 is 0 Å². The summed E-state index contributed by atoms with van der Waals surface area (Å²) in [6.45, 7) is 49.5. The van der Waals surface area contributed by atoms with Gasteiger partial charge in [-0.15, -0.1) is 0 Å². The second-order valence-electron chi connectivity index (χ2n) is 11.5. The summed E-state index contributed by atoms with van der Waals surface area (Å²) < 4.78 is 0. The molecule has 0 atom stereocenters. The minimum absolute atomic E-state index is 0.833. The standard InChI is InChI=1S/5C4H10.4C3H8/c5*1-4(2)3;4*1-3-2/h5*4H,1-3H3;4*3H2,1-2H3. The lowest BCUT2D eigenvalue weighted by atomic mass is 10.3. The highest BCUT2D eigenvalue weighted by Crippen LogP contribution is 1.82. The Morgan fingerprint density at radius 3 is 0.219 bits per heavy atom. The highest BCUT2D eigenvalue weighted by Gasteiger charge is 1.69. The van der Waals surface area contributed by atoms with Crippen LogP contribution < -0.4 is 0 Å². The summed E-state index contributed by atoms with van der Waals surface area (Å²) >= 11 is 0. The third kappa shape index (κ3) is 0. The molecule has 0 unspecified atom stereocenters. The van der Waals surface area contributed by atoms with Gasteiger partial charge < -0.3 is 0 Å². The molecule has 0 N–H and O–H groups in total. The second kappa shape index (κ2) is 77.3. The molecule has 0 aromatic heterocycles. The Morgan fingerprint density at radius 1 is 0.219 bits per heavy atom. The lowest BCUT2D eigenvalue weighted by molar-refractivity contribution is 0.736. The molecule has 0 aromatic rings. The quantitative estimate of drug-likeness (QED) is 0.333. The molecule has 0 radical (unpaired) electrons. The van der Waals surface area contributed by atoms with E-state index < -0.39 is 0 Å². The summed E-state index contributed by atoms with van der Waals surface area (Å²) in [6, 6.07) is 0. The van der Waals surface area contributed by atoms with Crippen LogP contribution in [0.5, 0.6) is 0 Å². The first kappa shape index (κ1) is 58.1. The third-order valence-corrected chi connectivity index (χ3v) is 0. The zero-order chi connectivity index (χ0) is 28.7. The average molecular weight is 467 g/mol. The molecular formula is C32H82.